The number of anilines is 1. The van der Waals surface area contributed by atoms with Gasteiger partial charge in [0, 0.05) is 15.8 Å². The fourth-order valence-corrected chi connectivity index (χ4v) is 4.52. The van der Waals surface area contributed by atoms with Crippen LogP contribution in [0.25, 0.3) is 0 Å². The second kappa shape index (κ2) is 6.57. The van der Waals surface area contributed by atoms with Gasteiger partial charge in [-0.1, -0.05) is 12.1 Å². The summed E-state index contributed by atoms with van der Waals surface area (Å²) in [6.07, 6.45) is 0.663. The molecule has 1 unspecified atom stereocenters. The molecule has 5 nitrogen and oxygen atoms in total. The van der Waals surface area contributed by atoms with Crippen molar-refractivity contribution in [2.45, 2.75) is 31.2 Å². The molecule has 4 N–H and O–H groups in total. The van der Waals surface area contributed by atoms with Gasteiger partial charge in [-0.05, 0) is 44.5 Å². The summed E-state index contributed by atoms with van der Waals surface area (Å²) >= 11 is 1.68. The molecule has 0 saturated carbocycles. The predicted molar refractivity (Wildman–Crippen MR) is 86.8 cm³/mol. The molecule has 0 amide bonds. The number of nitrogens with one attached hydrogen (secondary N) is 2. The first-order valence-corrected chi connectivity index (χ1v) is 8.85. The molecule has 0 fully saturated rings. The second-order valence-electron chi connectivity index (χ2n) is 4.88. The van der Waals surface area contributed by atoms with Gasteiger partial charge in [0.1, 0.15) is 4.90 Å². The Balaban J connectivity index is 2.13. The molecule has 2 aromatic rings. The van der Waals surface area contributed by atoms with Crippen LogP contribution in [-0.4, -0.2) is 14.5 Å². The number of hydrazine groups is 1. The summed E-state index contributed by atoms with van der Waals surface area (Å²) in [6, 6.07) is 10.4. The van der Waals surface area contributed by atoms with Crippen molar-refractivity contribution in [1.29, 1.82) is 0 Å². The van der Waals surface area contributed by atoms with Gasteiger partial charge in [-0.2, -0.15) is 0 Å². The summed E-state index contributed by atoms with van der Waals surface area (Å²) < 4.78 is 27.5. The van der Waals surface area contributed by atoms with Crippen molar-refractivity contribution < 1.29 is 8.42 Å². The van der Waals surface area contributed by atoms with Crippen LogP contribution in [-0.2, 0) is 16.4 Å². The maximum Gasteiger partial charge on any atom is 0.242 e. The van der Waals surface area contributed by atoms with Crippen LogP contribution < -0.4 is 16.0 Å². The highest BCUT2D eigenvalue weighted by atomic mass is 32.2. The lowest BCUT2D eigenvalue weighted by atomic mass is 10.2. The van der Waals surface area contributed by atoms with Crippen LogP contribution in [0.1, 0.15) is 16.7 Å². The van der Waals surface area contributed by atoms with E-state index in [9.17, 15) is 8.42 Å². The number of thiophene rings is 1. The average Bonchev–Trinajstić information content (AvgIpc) is 2.83. The third kappa shape index (κ3) is 4.04. The zero-order valence-electron chi connectivity index (χ0n) is 12.0. The molecular formula is C14H19N3O2S2. The number of para-hydroxylation sites is 1. The van der Waals surface area contributed by atoms with Gasteiger partial charge in [-0.25, -0.2) is 13.1 Å². The van der Waals surface area contributed by atoms with Gasteiger partial charge in [-0.3, -0.25) is 5.84 Å². The topological polar surface area (TPSA) is 84.2 Å². The molecule has 0 aliphatic heterocycles. The summed E-state index contributed by atoms with van der Waals surface area (Å²) in [7, 11) is -3.60. The highest BCUT2D eigenvalue weighted by Crippen LogP contribution is 2.21. The van der Waals surface area contributed by atoms with Gasteiger partial charge in [-0.15, -0.1) is 11.3 Å². The number of nitrogens with two attached hydrogens (primary N) is 1. The van der Waals surface area contributed by atoms with E-state index in [0.717, 1.165) is 4.88 Å². The Bertz CT molecular complexity index is 711. The molecule has 7 heteroatoms. The molecule has 0 bridgehead atoms. The molecule has 1 atom stereocenters. The fraction of sp³-hybridized carbons (Fsp3) is 0.286. The highest BCUT2D eigenvalue weighted by molar-refractivity contribution is 7.89. The second-order valence-corrected chi connectivity index (χ2v) is 7.93. The van der Waals surface area contributed by atoms with Gasteiger partial charge < -0.3 is 5.43 Å². The van der Waals surface area contributed by atoms with Crippen LogP contribution in [0.15, 0.2) is 41.3 Å². The van der Waals surface area contributed by atoms with Crippen molar-refractivity contribution in [3.05, 3.63) is 46.2 Å². The molecular weight excluding hydrogens is 306 g/mol. The van der Waals surface area contributed by atoms with Gasteiger partial charge in [0.15, 0.2) is 0 Å². The molecule has 0 saturated heterocycles. The Labute approximate surface area is 129 Å². The normalized spacial score (nSPS) is 13.1. The lowest BCUT2D eigenvalue weighted by Crippen LogP contribution is -2.34. The smallest absolute Gasteiger partial charge is 0.242 e. The van der Waals surface area contributed by atoms with Crippen LogP contribution in [0.2, 0.25) is 0 Å². The predicted octanol–water partition coefficient (Wildman–Crippen LogP) is 2.25. The van der Waals surface area contributed by atoms with Gasteiger partial charge >= 0.3 is 0 Å². The van der Waals surface area contributed by atoms with Crippen LogP contribution in [0, 0.1) is 6.92 Å². The molecule has 1 aromatic heterocycles. The van der Waals surface area contributed by atoms with Gasteiger partial charge in [0.2, 0.25) is 10.0 Å². The summed E-state index contributed by atoms with van der Waals surface area (Å²) in [4.78, 5) is 2.53. The van der Waals surface area contributed by atoms with E-state index in [1.54, 1.807) is 29.5 Å². The van der Waals surface area contributed by atoms with Crippen molar-refractivity contribution in [3.63, 3.8) is 0 Å². The van der Waals surface area contributed by atoms with E-state index in [4.69, 9.17) is 5.84 Å². The zero-order valence-corrected chi connectivity index (χ0v) is 13.6. The number of hydrogen-bond donors (Lipinski definition) is 3. The Morgan fingerprint density at radius 2 is 1.95 bits per heavy atom. The number of aryl methyl sites for hydroxylation is 1. The first-order valence-electron chi connectivity index (χ1n) is 6.55. The van der Waals surface area contributed by atoms with Crippen molar-refractivity contribution >= 4 is 27.0 Å². The van der Waals surface area contributed by atoms with E-state index in [-0.39, 0.29) is 10.9 Å². The summed E-state index contributed by atoms with van der Waals surface area (Å²) in [5.74, 6) is 5.36. The minimum atomic E-state index is -3.60. The average molecular weight is 325 g/mol. The Morgan fingerprint density at radius 1 is 1.24 bits per heavy atom. The van der Waals surface area contributed by atoms with Crippen molar-refractivity contribution in [1.82, 2.24) is 4.72 Å². The minimum Gasteiger partial charge on any atom is -0.323 e. The van der Waals surface area contributed by atoms with Crippen LogP contribution in [0.4, 0.5) is 5.69 Å². The van der Waals surface area contributed by atoms with Crippen LogP contribution >= 0.6 is 11.3 Å². The van der Waals surface area contributed by atoms with Crippen molar-refractivity contribution in [2.24, 2.45) is 5.84 Å². The summed E-state index contributed by atoms with van der Waals surface area (Å²) in [5.41, 5.74) is 2.79. The van der Waals surface area contributed by atoms with E-state index < -0.39 is 10.0 Å². The number of sulfonamides is 1. The number of nitrogen functional groups attached to an aromatic ring is 1. The molecule has 1 aromatic carbocycles. The largest absolute Gasteiger partial charge is 0.323 e. The maximum absolute atomic E-state index is 12.4. The van der Waals surface area contributed by atoms with Crippen molar-refractivity contribution in [3.8, 4) is 0 Å². The number of hydrogen-bond acceptors (Lipinski definition) is 5. The number of rotatable bonds is 6. The summed E-state index contributed by atoms with van der Waals surface area (Å²) in [5, 5.41) is 0. The SMILES string of the molecule is Cc1ccc(CC(C)NS(=O)(=O)c2ccccc2NN)s1. The maximum atomic E-state index is 12.4. The lowest BCUT2D eigenvalue weighted by molar-refractivity contribution is 0.561. The quantitative estimate of drug-likeness (QED) is 0.562. The molecule has 0 aliphatic rings. The molecule has 0 aliphatic carbocycles. The zero-order chi connectivity index (χ0) is 15.5. The van der Waals surface area contributed by atoms with E-state index in [2.05, 4.69) is 10.1 Å². The standard InChI is InChI=1S/C14H19N3O2S2/c1-10(9-12-8-7-11(2)20-12)17-21(18,19)14-6-4-3-5-13(14)16-15/h3-8,10,16-17H,9,15H2,1-2H3. The third-order valence-corrected chi connectivity index (χ3v) is 5.66. The molecule has 114 valence electrons. The number of benzene rings is 1. The van der Waals surface area contributed by atoms with Gasteiger partial charge in [0.25, 0.3) is 0 Å². The highest BCUT2D eigenvalue weighted by Gasteiger charge is 2.20. The monoisotopic (exact) mass is 325 g/mol. The molecule has 2 rings (SSSR count). The van der Waals surface area contributed by atoms with Crippen LogP contribution in [0.5, 0.6) is 0 Å². The molecule has 0 spiro atoms. The van der Waals surface area contributed by atoms with Crippen LogP contribution in [0.3, 0.4) is 0 Å². The van der Waals surface area contributed by atoms with E-state index in [1.165, 1.54) is 10.9 Å². The minimum absolute atomic E-state index is 0.154. The Morgan fingerprint density at radius 3 is 2.57 bits per heavy atom. The van der Waals surface area contributed by atoms with Gasteiger partial charge in [0.05, 0.1) is 5.69 Å². The van der Waals surface area contributed by atoms with E-state index in [1.807, 2.05) is 26.0 Å². The van der Waals surface area contributed by atoms with E-state index in [0.29, 0.717) is 12.1 Å². The lowest BCUT2D eigenvalue weighted by Gasteiger charge is -2.15. The Hall–Kier alpha value is -1.41. The molecule has 21 heavy (non-hydrogen) atoms. The molecule has 0 radical (unpaired) electrons. The fourth-order valence-electron chi connectivity index (χ4n) is 2.09. The Kier molecular flexibility index (Phi) is 5.00. The third-order valence-electron chi connectivity index (χ3n) is 2.99. The first kappa shape index (κ1) is 16.0. The first-order chi connectivity index (χ1) is 9.92. The molecule has 1 heterocycles. The van der Waals surface area contributed by atoms with E-state index >= 15 is 0 Å². The summed E-state index contributed by atoms with van der Waals surface area (Å²) in [6.45, 7) is 3.89. The van der Waals surface area contributed by atoms with Crippen molar-refractivity contribution in [2.75, 3.05) is 5.43 Å².